The second-order valence-electron chi connectivity index (χ2n) is 5.37. The van der Waals surface area contributed by atoms with Gasteiger partial charge in [0.25, 0.3) is 0 Å². The van der Waals surface area contributed by atoms with E-state index in [1.54, 1.807) is 5.57 Å². The lowest BCUT2D eigenvalue weighted by molar-refractivity contribution is 0.690. The van der Waals surface area contributed by atoms with Gasteiger partial charge in [-0.2, -0.15) is 12.6 Å². The Morgan fingerprint density at radius 2 is 1.94 bits per heavy atom. The molecule has 0 aliphatic heterocycles. The first kappa shape index (κ1) is 13.9. The van der Waals surface area contributed by atoms with Gasteiger partial charge in [0.2, 0.25) is 0 Å². The van der Waals surface area contributed by atoms with Crippen LogP contribution < -0.4 is 0 Å². The van der Waals surface area contributed by atoms with E-state index in [0.29, 0.717) is 0 Å². The molecule has 1 fully saturated rings. The normalized spacial score (nSPS) is 24.4. The van der Waals surface area contributed by atoms with Gasteiger partial charge in [-0.15, -0.1) is 0 Å². The number of hydrogen-bond donors (Lipinski definition) is 1. The van der Waals surface area contributed by atoms with E-state index in [0.717, 1.165) is 17.6 Å². The highest BCUT2D eigenvalue weighted by molar-refractivity contribution is 7.80. The summed E-state index contributed by atoms with van der Waals surface area (Å²) in [4.78, 5) is 0. The van der Waals surface area contributed by atoms with Crippen LogP contribution in [0, 0.1) is 11.8 Å². The molecule has 1 aliphatic carbocycles. The van der Waals surface area contributed by atoms with Gasteiger partial charge in [0.15, 0.2) is 0 Å². The molecule has 0 saturated heterocycles. The first-order chi connectivity index (χ1) is 7.63. The molecule has 0 aromatic rings. The van der Waals surface area contributed by atoms with Crippen LogP contribution in [0.1, 0.15) is 52.9 Å². The van der Waals surface area contributed by atoms with Crippen LogP contribution in [-0.4, -0.2) is 5.75 Å². The second-order valence-corrected chi connectivity index (χ2v) is 5.82. The van der Waals surface area contributed by atoms with Crippen molar-refractivity contribution in [1.82, 2.24) is 0 Å². The van der Waals surface area contributed by atoms with E-state index in [9.17, 15) is 0 Å². The summed E-state index contributed by atoms with van der Waals surface area (Å²) in [6.45, 7) is 6.62. The molecule has 1 saturated carbocycles. The molecule has 1 rings (SSSR count). The molecule has 2 atom stereocenters. The fourth-order valence-electron chi connectivity index (χ4n) is 2.16. The molecule has 0 bridgehead atoms. The van der Waals surface area contributed by atoms with Crippen molar-refractivity contribution in [2.45, 2.75) is 52.9 Å². The summed E-state index contributed by atoms with van der Waals surface area (Å²) >= 11 is 4.29. The molecular weight excluding hydrogens is 212 g/mol. The standard InChI is InChI=1S/C15H26S/c1-12(2)5-4-6-13(3)7-8-14-11-15(14)9-10-16/h5,7,14-16H,4,6,8-11H2,1-3H3/b13-7+/t14-,15-/m1/s1. The molecule has 0 amide bonds. The minimum atomic E-state index is 0.977. The van der Waals surface area contributed by atoms with Gasteiger partial charge in [0, 0.05) is 0 Å². The average Bonchev–Trinajstić information content (AvgIpc) is 2.94. The largest absolute Gasteiger partial charge is 0.179 e. The number of thiol groups is 1. The van der Waals surface area contributed by atoms with Gasteiger partial charge >= 0.3 is 0 Å². The Hall–Kier alpha value is -0.170. The van der Waals surface area contributed by atoms with Crippen molar-refractivity contribution in [3.8, 4) is 0 Å². The Kier molecular flexibility index (Phi) is 6.26. The zero-order chi connectivity index (χ0) is 12.0. The van der Waals surface area contributed by atoms with Crippen LogP contribution in [0.4, 0.5) is 0 Å². The first-order valence-electron chi connectivity index (χ1n) is 6.53. The molecule has 0 heterocycles. The Labute approximate surface area is 107 Å². The van der Waals surface area contributed by atoms with Crippen molar-refractivity contribution in [1.29, 1.82) is 0 Å². The fraction of sp³-hybridized carbons (Fsp3) is 0.733. The second kappa shape index (κ2) is 7.21. The molecule has 1 heteroatoms. The highest BCUT2D eigenvalue weighted by Gasteiger charge is 2.34. The van der Waals surface area contributed by atoms with Crippen LogP contribution in [0.5, 0.6) is 0 Å². The third-order valence-corrected chi connectivity index (χ3v) is 3.69. The topological polar surface area (TPSA) is 0 Å². The van der Waals surface area contributed by atoms with Crippen LogP contribution in [0.25, 0.3) is 0 Å². The van der Waals surface area contributed by atoms with Crippen LogP contribution in [0.3, 0.4) is 0 Å². The summed E-state index contributed by atoms with van der Waals surface area (Å²) in [6, 6.07) is 0. The highest BCUT2D eigenvalue weighted by Crippen LogP contribution is 2.44. The Morgan fingerprint density at radius 1 is 1.19 bits per heavy atom. The lowest BCUT2D eigenvalue weighted by atomic mass is 10.1. The van der Waals surface area contributed by atoms with E-state index >= 15 is 0 Å². The van der Waals surface area contributed by atoms with Crippen LogP contribution >= 0.6 is 12.6 Å². The summed E-state index contributed by atoms with van der Waals surface area (Å²) in [5.41, 5.74) is 3.00. The van der Waals surface area contributed by atoms with Gasteiger partial charge in [-0.25, -0.2) is 0 Å². The van der Waals surface area contributed by atoms with Crippen molar-refractivity contribution < 1.29 is 0 Å². The van der Waals surface area contributed by atoms with E-state index < -0.39 is 0 Å². The van der Waals surface area contributed by atoms with Crippen molar-refractivity contribution in [2.75, 3.05) is 5.75 Å². The van der Waals surface area contributed by atoms with E-state index in [1.165, 1.54) is 37.7 Å². The van der Waals surface area contributed by atoms with Crippen LogP contribution in [-0.2, 0) is 0 Å². The highest BCUT2D eigenvalue weighted by atomic mass is 32.1. The van der Waals surface area contributed by atoms with Crippen LogP contribution in [0.2, 0.25) is 0 Å². The van der Waals surface area contributed by atoms with Crippen molar-refractivity contribution >= 4 is 12.6 Å². The third-order valence-electron chi connectivity index (χ3n) is 3.43. The summed E-state index contributed by atoms with van der Waals surface area (Å²) in [6.07, 6.45) is 11.3. The zero-order valence-electron chi connectivity index (χ0n) is 11.0. The molecule has 0 aromatic heterocycles. The van der Waals surface area contributed by atoms with Gasteiger partial charge in [0.1, 0.15) is 0 Å². The van der Waals surface area contributed by atoms with Gasteiger partial charge < -0.3 is 0 Å². The molecular formula is C15H26S. The van der Waals surface area contributed by atoms with E-state index in [-0.39, 0.29) is 0 Å². The molecule has 0 unspecified atom stereocenters. The molecule has 0 aromatic carbocycles. The van der Waals surface area contributed by atoms with Gasteiger partial charge in [-0.3, -0.25) is 0 Å². The third kappa shape index (κ3) is 5.79. The average molecular weight is 238 g/mol. The molecule has 0 spiro atoms. The van der Waals surface area contributed by atoms with E-state index in [2.05, 4.69) is 45.6 Å². The SMILES string of the molecule is CC(C)=CCC/C(C)=C/C[C@@H]1C[C@H]1CCS. The lowest BCUT2D eigenvalue weighted by Gasteiger charge is -1.99. The van der Waals surface area contributed by atoms with Gasteiger partial charge in [0.05, 0.1) is 0 Å². The first-order valence-corrected chi connectivity index (χ1v) is 7.16. The monoisotopic (exact) mass is 238 g/mol. The molecule has 0 radical (unpaired) electrons. The summed E-state index contributed by atoms with van der Waals surface area (Å²) in [7, 11) is 0. The van der Waals surface area contributed by atoms with Crippen molar-refractivity contribution in [3.05, 3.63) is 23.3 Å². The number of hydrogen-bond acceptors (Lipinski definition) is 1. The maximum absolute atomic E-state index is 4.29. The van der Waals surface area contributed by atoms with Crippen molar-refractivity contribution in [2.24, 2.45) is 11.8 Å². The number of allylic oxidation sites excluding steroid dienone is 4. The maximum atomic E-state index is 4.29. The molecule has 92 valence electrons. The van der Waals surface area contributed by atoms with Gasteiger partial charge in [-0.1, -0.05) is 23.3 Å². The molecule has 0 N–H and O–H groups in total. The minimum absolute atomic E-state index is 0.977. The smallest absolute Gasteiger partial charge is 0.00952 e. The Bertz CT molecular complexity index is 259. The predicted molar refractivity (Wildman–Crippen MR) is 77.1 cm³/mol. The Balaban J connectivity index is 2.13. The lowest BCUT2D eigenvalue weighted by Crippen LogP contribution is -1.84. The summed E-state index contributed by atoms with van der Waals surface area (Å²) in [5, 5.41) is 0. The van der Waals surface area contributed by atoms with E-state index in [4.69, 9.17) is 0 Å². The predicted octanol–water partition coefficient (Wildman–Crippen LogP) is 5.03. The molecule has 16 heavy (non-hydrogen) atoms. The van der Waals surface area contributed by atoms with Gasteiger partial charge in [-0.05, 0) is 70.5 Å². The number of rotatable bonds is 7. The minimum Gasteiger partial charge on any atom is -0.179 e. The fourth-order valence-corrected chi connectivity index (χ4v) is 2.49. The Morgan fingerprint density at radius 3 is 2.56 bits per heavy atom. The summed E-state index contributed by atoms with van der Waals surface area (Å²) in [5.74, 6) is 3.02. The molecule has 0 nitrogen and oxygen atoms in total. The van der Waals surface area contributed by atoms with Crippen molar-refractivity contribution in [3.63, 3.8) is 0 Å². The zero-order valence-corrected chi connectivity index (χ0v) is 11.9. The summed E-state index contributed by atoms with van der Waals surface area (Å²) < 4.78 is 0. The quantitative estimate of drug-likeness (QED) is 0.467. The van der Waals surface area contributed by atoms with E-state index in [1.807, 2.05) is 0 Å². The molecule has 1 aliphatic rings. The van der Waals surface area contributed by atoms with Crippen LogP contribution in [0.15, 0.2) is 23.3 Å². The maximum Gasteiger partial charge on any atom is -0.00952 e.